The standard InChI is InChI=1S/C12H18N2O2/c1-4-10-7-9(5-6-11(10)16-3)8-14-12(15)13-2/h5-7H,4,8H2,1-3H3,(H2,13,14,15). The zero-order valence-corrected chi connectivity index (χ0v) is 9.96. The molecule has 0 atom stereocenters. The van der Waals surface area contributed by atoms with Gasteiger partial charge in [-0.2, -0.15) is 0 Å². The topological polar surface area (TPSA) is 50.4 Å². The van der Waals surface area contributed by atoms with Gasteiger partial charge in [-0.3, -0.25) is 0 Å². The number of hydrogen-bond acceptors (Lipinski definition) is 2. The molecule has 0 aliphatic carbocycles. The number of amides is 2. The van der Waals surface area contributed by atoms with E-state index in [0.29, 0.717) is 6.54 Å². The Balaban J connectivity index is 2.71. The average molecular weight is 222 g/mol. The normalized spacial score (nSPS) is 9.69. The first-order valence-electron chi connectivity index (χ1n) is 5.32. The number of ether oxygens (including phenoxy) is 1. The first-order valence-corrected chi connectivity index (χ1v) is 5.32. The lowest BCUT2D eigenvalue weighted by Gasteiger charge is -2.10. The Bertz CT molecular complexity index is 364. The van der Waals surface area contributed by atoms with Crippen LogP contribution in [0, 0.1) is 0 Å². The largest absolute Gasteiger partial charge is 0.496 e. The van der Waals surface area contributed by atoms with Crippen molar-refractivity contribution in [3.63, 3.8) is 0 Å². The van der Waals surface area contributed by atoms with Gasteiger partial charge in [0.2, 0.25) is 0 Å². The minimum atomic E-state index is -0.172. The predicted octanol–water partition coefficient (Wildman–Crippen LogP) is 1.69. The second-order valence-corrected chi connectivity index (χ2v) is 3.43. The first kappa shape index (κ1) is 12.4. The van der Waals surface area contributed by atoms with Crippen molar-refractivity contribution in [3.8, 4) is 5.75 Å². The van der Waals surface area contributed by atoms with Crippen LogP contribution >= 0.6 is 0 Å². The molecule has 0 unspecified atom stereocenters. The zero-order valence-electron chi connectivity index (χ0n) is 9.96. The van der Waals surface area contributed by atoms with Gasteiger partial charge in [0.15, 0.2) is 0 Å². The summed E-state index contributed by atoms with van der Waals surface area (Å²) in [4.78, 5) is 11.0. The van der Waals surface area contributed by atoms with Gasteiger partial charge >= 0.3 is 6.03 Å². The Morgan fingerprint density at radius 2 is 2.19 bits per heavy atom. The number of urea groups is 1. The zero-order chi connectivity index (χ0) is 12.0. The number of hydrogen-bond donors (Lipinski definition) is 2. The molecule has 4 nitrogen and oxygen atoms in total. The van der Waals surface area contributed by atoms with Crippen LogP contribution in [-0.2, 0) is 13.0 Å². The van der Waals surface area contributed by atoms with Crippen LogP contribution in [0.15, 0.2) is 18.2 Å². The Hall–Kier alpha value is -1.71. The maximum atomic E-state index is 11.0. The van der Waals surface area contributed by atoms with Crippen molar-refractivity contribution in [2.45, 2.75) is 19.9 Å². The molecule has 0 heterocycles. The Morgan fingerprint density at radius 3 is 2.75 bits per heavy atom. The summed E-state index contributed by atoms with van der Waals surface area (Å²) in [5.74, 6) is 0.895. The molecule has 1 rings (SSSR count). The van der Waals surface area contributed by atoms with Crippen molar-refractivity contribution in [3.05, 3.63) is 29.3 Å². The van der Waals surface area contributed by atoms with Crippen molar-refractivity contribution in [2.24, 2.45) is 0 Å². The number of methoxy groups -OCH3 is 1. The number of rotatable bonds is 4. The summed E-state index contributed by atoms with van der Waals surface area (Å²) in [5, 5.41) is 5.26. The van der Waals surface area contributed by atoms with E-state index >= 15 is 0 Å². The fraction of sp³-hybridized carbons (Fsp3) is 0.417. The average Bonchev–Trinajstić information content (AvgIpc) is 2.35. The maximum Gasteiger partial charge on any atom is 0.314 e. The molecule has 2 amide bonds. The molecule has 2 N–H and O–H groups in total. The highest BCUT2D eigenvalue weighted by Crippen LogP contribution is 2.20. The molecule has 0 aliphatic rings. The minimum absolute atomic E-state index is 0.172. The van der Waals surface area contributed by atoms with Gasteiger partial charge in [-0.15, -0.1) is 0 Å². The molecule has 1 aromatic carbocycles. The van der Waals surface area contributed by atoms with Crippen molar-refractivity contribution >= 4 is 6.03 Å². The molecule has 0 fully saturated rings. The van der Waals surface area contributed by atoms with Gasteiger partial charge in [-0.1, -0.05) is 19.1 Å². The molecule has 0 aliphatic heterocycles. The number of aryl methyl sites for hydroxylation is 1. The SMILES string of the molecule is CCc1cc(CNC(=O)NC)ccc1OC. The van der Waals surface area contributed by atoms with Crippen molar-refractivity contribution < 1.29 is 9.53 Å². The van der Waals surface area contributed by atoms with Crippen LogP contribution < -0.4 is 15.4 Å². The highest BCUT2D eigenvalue weighted by molar-refractivity contribution is 5.73. The monoisotopic (exact) mass is 222 g/mol. The van der Waals surface area contributed by atoms with E-state index in [2.05, 4.69) is 23.6 Å². The summed E-state index contributed by atoms with van der Waals surface area (Å²) in [6.07, 6.45) is 0.914. The van der Waals surface area contributed by atoms with E-state index in [-0.39, 0.29) is 6.03 Å². The smallest absolute Gasteiger partial charge is 0.314 e. The Kier molecular flexibility index (Phi) is 4.64. The predicted molar refractivity (Wildman–Crippen MR) is 63.7 cm³/mol. The molecule has 1 aromatic rings. The third kappa shape index (κ3) is 3.15. The van der Waals surface area contributed by atoms with Crippen LogP contribution in [0.2, 0.25) is 0 Å². The number of benzene rings is 1. The number of nitrogens with one attached hydrogen (secondary N) is 2. The third-order valence-corrected chi connectivity index (χ3v) is 2.41. The maximum absolute atomic E-state index is 11.0. The number of carbonyl (C=O) groups is 1. The molecule has 16 heavy (non-hydrogen) atoms. The van der Waals surface area contributed by atoms with E-state index in [4.69, 9.17) is 4.74 Å². The van der Waals surface area contributed by atoms with E-state index in [1.807, 2.05) is 12.1 Å². The lowest BCUT2D eigenvalue weighted by Crippen LogP contribution is -2.32. The van der Waals surface area contributed by atoms with Gasteiger partial charge < -0.3 is 15.4 Å². The van der Waals surface area contributed by atoms with Crippen LogP contribution in [0.1, 0.15) is 18.1 Å². The van der Waals surface area contributed by atoms with E-state index in [0.717, 1.165) is 23.3 Å². The minimum Gasteiger partial charge on any atom is -0.496 e. The molecule has 88 valence electrons. The Labute approximate surface area is 96.0 Å². The van der Waals surface area contributed by atoms with Crippen molar-refractivity contribution in [1.29, 1.82) is 0 Å². The van der Waals surface area contributed by atoms with E-state index in [1.54, 1.807) is 14.2 Å². The van der Waals surface area contributed by atoms with Gasteiger partial charge in [0.1, 0.15) is 5.75 Å². The van der Waals surface area contributed by atoms with E-state index in [9.17, 15) is 4.79 Å². The summed E-state index contributed by atoms with van der Waals surface area (Å²) in [6.45, 7) is 2.60. The van der Waals surface area contributed by atoms with Crippen LogP contribution in [0.4, 0.5) is 4.79 Å². The van der Waals surface area contributed by atoms with Crippen molar-refractivity contribution in [1.82, 2.24) is 10.6 Å². The van der Waals surface area contributed by atoms with Crippen LogP contribution in [0.5, 0.6) is 5.75 Å². The van der Waals surface area contributed by atoms with Crippen LogP contribution in [-0.4, -0.2) is 20.2 Å². The summed E-state index contributed by atoms with van der Waals surface area (Å²) >= 11 is 0. The molecule has 0 saturated carbocycles. The highest BCUT2D eigenvalue weighted by atomic mass is 16.5. The van der Waals surface area contributed by atoms with E-state index in [1.165, 1.54) is 0 Å². The van der Waals surface area contributed by atoms with Gasteiger partial charge in [-0.25, -0.2) is 4.79 Å². The molecule has 0 bridgehead atoms. The first-order chi connectivity index (χ1) is 7.71. The molecule has 0 aromatic heterocycles. The summed E-state index contributed by atoms with van der Waals surface area (Å²) in [7, 11) is 3.26. The molecular formula is C12H18N2O2. The van der Waals surface area contributed by atoms with Crippen LogP contribution in [0.25, 0.3) is 0 Å². The van der Waals surface area contributed by atoms with Crippen LogP contribution in [0.3, 0.4) is 0 Å². The molecular weight excluding hydrogens is 204 g/mol. The fourth-order valence-electron chi connectivity index (χ4n) is 1.49. The summed E-state index contributed by atoms with van der Waals surface area (Å²) < 4.78 is 5.24. The van der Waals surface area contributed by atoms with Gasteiger partial charge in [0.05, 0.1) is 7.11 Å². The van der Waals surface area contributed by atoms with Gasteiger partial charge in [0.25, 0.3) is 0 Å². The van der Waals surface area contributed by atoms with E-state index < -0.39 is 0 Å². The molecule has 4 heteroatoms. The second-order valence-electron chi connectivity index (χ2n) is 3.43. The lowest BCUT2D eigenvalue weighted by atomic mass is 10.1. The third-order valence-electron chi connectivity index (χ3n) is 2.41. The van der Waals surface area contributed by atoms with Gasteiger partial charge in [0, 0.05) is 13.6 Å². The molecule has 0 radical (unpaired) electrons. The van der Waals surface area contributed by atoms with Crippen molar-refractivity contribution in [2.75, 3.05) is 14.2 Å². The quantitative estimate of drug-likeness (QED) is 0.814. The number of carbonyl (C=O) groups excluding carboxylic acids is 1. The van der Waals surface area contributed by atoms with Gasteiger partial charge in [-0.05, 0) is 23.6 Å². The lowest BCUT2D eigenvalue weighted by molar-refractivity contribution is 0.242. The summed E-state index contributed by atoms with van der Waals surface area (Å²) in [5.41, 5.74) is 2.22. The Morgan fingerprint density at radius 1 is 1.44 bits per heavy atom. The summed E-state index contributed by atoms with van der Waals surface area (Å²) in [6, 6.07) is 5.76. The highest BCUT2D eigenvalue weighted by Gasteiger charge is 2.03. The fourth-order valence-corrected chi connectivity index (χ4v) is 1.49. The molecule has 0 spiro atoms. The molecule has 0 saturated heterocycles. The second kappa shape index (κ2) is 6.00.